The highest BCUT2D eigenvalue weighted by molar-refractivity contribution is 6.02. The highest BCUT2D eigenvalue weighted by Crippen LogP contribution is 2.40. The van der Waals surface area contributed by atoms with Gasteiger partial charge in [-0.25, -0.2) is 0 Å². The molecule has 0 saturated heterocycles. The molecule has 0 fully saturated rings. The molecular weight excluding hydrogens is 512 g/mol. The van der Waals surface area contributed by atoms with Gasteiger partial charge in [0.05, 0.1) is 20.8 Å². The van der Waals surface area contributed by atoms with Gasteiger partial charge in [-0.2, -0.15) is 0 Å². The molecule has 1 N–H and O–H groups in total. The van der Waals surface area contributed by atoms with Crippen LogP contribution in [0.15, 0.2) is 96.6 Å². The average molecular weight is 547 g/mol. The Labute approximate surface area is 234 Å². The van der Waals surface area contributed by atoms with Gasteiger partial charge in [0.15, 0.2) is 17.3 Å². The van der Waals surface area contributed by atoms with Crippen LogP contribution < -0.4 is 14.2 Å². The Kier molecular flexibility index (Phi) is 9.74. The number of ether oxygens (including phenoxy) is 6. The van der Waals surface area contributed by atoms with Gasteiger partial charge in [-0.05, 0) is 41.0 Å². The van der Waals surface area contributed by atoms with Gasteiger partial charge in [-0.3, -0.25) is 4.79 Å². The average Bonchev–Trinajstić information content (AvgIpc) is 3.02. The number of hydrogen-bond donors (Lipinski definition) is 1. The molecule has 0 aromatic heterocycles. The summed E-state index contributed by atoms with van der Waals surface area (Å²) in [6.45, 7) is 0.609. The van der Waals surface area contributed by atoms with Crippen LogP contribution in [0.5, 0.6) is 17.2 Å². The molecule has 0 spiro atoms. The Hall–Kier alpha value is -3.95. The first kappa shape index (κ1) is 29.0. The van der Waals surface area contributed by atoms with E-state index in [1.54, 1.807) is 18.2 Å². The zero-order chi connectivity index (χ0) is 28.5. The van der Waals surface area contributed by atoms with Crippen LogP contribution in [0, 0.1) is 0 Å². The molecule has 3 aromatic carbocycles. The van der Waals surface area contributed by atoms with Gasteiger partial charge >= 0.3 is 0 Å². The van der Waals surface area contributed by atoms with Crippen molar-refractivity contribution < 1.29 is 38.3 Å². The number of benzene rings is 3. The maximum atomic E-state index is 13.5. The van der Waals surface area contributed by atoms with Gasteiger partial charge in [0.25, 0.3) is 0 Å². The van der Waals surface area contributed by atoms with Crippen LogP contribution in [0.25, 0.3) is 0 Å². The second-order valence-electron chi connectivity index (χ2n) is 9.10. The predicted molar refractivity (Wildman–Crippen MR) is 150 cm³/mol. The molecule has 4 rings (SSSR count). The van der Waals surface area contributed by atoms with Crippen LogP contribution in [-0.2, 0) is 27.4 Å². The topological polar surface area (TPSA) is 92.7 Å². The van der Waals surface area contributed by atoms with Crippen molar-refractivity contribution in [2.45, 2.75) is 31.2 Å². The van der Waals surface area contributed by atoms with Crippen LogP contribution >= 0.6 is 0 Å². The molecule has 2 atom stereocenters. The number of methoxy groups -OCH3 is 4. The third-order valence-electron chi connectivity index (χ3n) is 6.67. The Morgan fingerprint density at radius 3 is 1.93 bits per heavy atom. The zero-order valence-electron chi connectivity index (χ0n) is 23.0. The van der Waals surface area contributed by atoms with Crippen molar-refractivity contribution in [3.63, 3.8) is 0 Å². The number of Topliss-reactive ketones (excluding diaryl/α,β-unsaturated/α-hetero) is 1. The Morgan fingerprint density at radius 1 is 0.850 bits per heavy atom. The minimum atomic E-state index is -1.51. The van der Waals surface area contributed by atoms with Crippen LogP contribution in [0.3, 0.4) is 0 Å². The largest absolute Gasteiger partial charge is 0.493 e. The van der Waals surface area contributed by atoms with E-state index in [0.29, 0.717) is 29.4 Å². The fourth-order valence-electron chi connectivity index (χ4n) is 4.43. The van der Waals surface area contributed by atoms with E-state index >= 15 is 0 Å². The Morgan fingerprint density at radius 2 is 1.40 bits per heavy atom. The van der Waals surface area contributed by atoms with Gasteiger partial charge in [0.2, 0.25) is 11.5 Å². The van der Waals surface area contributed by atoms with Crippen molar-refractivity contribution in [1.82, 2.24) is 0 Å². The SMILES string of the molecule is COc1cc(C(=O)C(O)C2=CC(OC)(OC)C(OCc3ccccc3)C=C2)cc(OC)c1OCc1ccccc1. The van der Waals surface area contributed by atoms with E-state index in [-0.39, 0.29) is 12.2 Å². The molecule has 0 heterocycles. The normalized spacial score (nSPS) is 16.6. The van der Waals surface area contributed by atoms with Gasteiger partial charge in [-0.15, -0.1) is 0 Å². The van der Waals surface area contributed by atoms with Crippen molar-refractivity contribution in [2.24, 2.45) is 0 Å². The van der Waals surface area contributed by atoms with Crippen molar-refractivity contribution in [3.8, 4) is 17.2 Å². The summed E-state index contributed by atoms with van der Waals surface area (Å²) >= 11 is 0. The van der Waals surface area contributed by atoms with E-state index in [9.17, 15) is 9.90 Å². The van der Waals surface area contributed by atoms with E-state index in [1.165, 1.54) is 40.6 Å². The first-order chi connectivity index (χ1) is 19.4. The van der Waals surface area contributed by atoms with Crippen LogP contribution in [-0.4, -0.2) is 57.3 Å². The minimum absolute atomic E-state index is 0.186. The molecule has 210 valence electrons. The molecule has 1 aliphatic carbocycles. The molecule has 8 nitrogen and oxygen atoms in total. The van der Waals surface area contributed by atoms with E-state index in [0.717, 1.165) is 11.1 Å². The number of carbonyl (C=O) groups is 1. The van der Waals surface area contributed by atoms with Crippen molar-refractivity contribution >= 4 is 5.78 Å². The molecule has 8 heteroatoms. The Bertz CT molecular complexity index is 1300. The summed E-state index contributed by atoms with van der Waals surface area (Å²) in [5, 5.41) is 11.1. The lowest BCUT2D eigenvalue weighted by atomic mass is 9.91. The third-order valence-corrected chi connectivity index (χ3v) is 6.67. The van der Waals surface area contributed by atoms with Gasteiger partial charge in [0.1, 0.15) is 18.8 Å². The van der Waals surface area contributed by atoms with Gasteiger partial charge < -0.3 is 33.5 Å². The summed E-state index contributed by atoms with van der Waals surface area (Å²) in [5.41, 5.74) is 2.44. The number of rotatable bonds is 13. The number of carbonyl (C=O) groups excluding carboxylic acids is 1. The van der Waals surface area contributed by atoms with E-state index in [4.69, 9.17) is 28.4 Å². The smallest absolute Gasteiger partial charge is 0.218 e. The van der Waals surface area contributed by atoms with Crippen molar-refractivity contribution in [3.05, 3.63) is 113 Å². The number of hydrogen-bond acceptors (Lipinski definition) is 8. The van der Waals surface area contributed by atoms with Crippen molar-refractivity contribution in [1.29, 1.82) is 0 Å². The monoisotopic (exact) mass is 546 g/mol. The van der Waals surface area contributed by atoms with Crippen LogP contribution in [0.2, 0.25) is 0 Å². The van der Waals surface area contributed by atoms with Gasteiger partial charge in [-0.1, -0.05) is 66.7 Å². The predicted octanol–water partition coefficient (Wildman–Crippen LogP) is 4.90. The standard InChI is InChI=1S/C32H34O8/c1-35-26-17-25(18-27(36-2)31(26)40-21-23-13-9-6-10-14-23)30(34)29(33)24-15-16-28(32(19-24,37-3)38-4)39-20-22-11-7-5-8-12-22/h5-19,28-29,33H,20-21H2,1-4H3. The fraction of sp³-hybridized carbons (Fsp3) is 0.281. The second-order valence-corrected chi connectivity index (χ2v) is 9.10. The van der Waals surface area contributed by atoms with Crippen molar-refractivity contribution in [2.75, 3.05) is 28.4 Å². The van der Waals surface area contributed by atoms with Crippen LogP contribution in [0.1, 0.15) is 21.5 Å². The third kappa shape index (κ3) is 6.43. The molecule has 1 aliphatic rings. The van der Waals surface area contributed by atoms with Crippen LogP contribution in [0.4, 0.5) is 0 Å². The molecule has 2 unspecified atom stereocenters. The molecule has 0 saturated carbocycles. The summed E-state index contributed by atoms with van der Waals surface area (Å²) in [5.74, 6) is -0.947. The van der Waals surface area contributed by atoms with E-state index < -0.39 is 23.8 Å². The summed E-state index contributed by atoms with van der Waals surface area (Å²) in [6, 6.07) is 22.4. The molecule has 40 heavy (non-hydrogen) atoms. The molecule has 0 aliphatic heterocycles. The summed E-state index contributed by atoms with van der Waals surface area (Å²) < 4.78 is 34.5. The first-order valence-corrected chi connectivity index (χ1v) is 12.8. The number of aliphatic hydroxyl groups excluding tert-OH is 1. The molecule has 0 bridgehead atoms. The molecule has 0 radical (unpaired) electrons. The number of ketones is 1. The number of aliphatic hydroxyl groups is 1. The van der Waals surface area contributed by atoms with E-state index in [2.05, 4.69) is 0 Å². The highest BCUT2D eigenvalue weighted by atomic mass is 16.7. The maximum absolute atomic E-state index is 13.5. The lowest BCUT2D eigenvalue weighted by Crippen LogP contribution is -2.47. The quantitative estimate of drug-likeness (QED) is 0.239. The summed E-state index contributed by atoms with van der Waals surface area (Å²) in [7, 11) is 5.91. The fourth-order valence-corrected chi connectivity index (χ4v) is 4.43. The first-order valence-electron chi connectivity index (χ1n) is 12.8. The lowest BCUT2D eigenvalue weighted by Gasteiger charge is -2.37. The summed E-state index contributed by atoms with van der Waals surface area (Å²) in [4.78, 5) is 13.5. The van der Waals surface area contributed by atoms with Gasteiger partial charge in [0, 0.05) is 19.8 Å². The lowest BCUT2D eigenvalue weighted by molar-refractivity contribution is -0.229. The molecule has 0 amide bonds. The zero-order valence-corrected chi connectivity index (χ0v) is 23.0. The second kappa shape index (κ2) is 13.4. The van der Waals surface area contributed by atoms with E-state index in [1.807, 2.05) is 60.7 Å². The highest BCUT2D eigenvalue weighted by Gasteiger charge is 2.41. The maximum Gasteiger partial charge on any atom is 0.218 e. The summed E-state index contributed by atoms with van der Waals surface area (Å²) in [6.07, 6.45) is 2.79. The minimum Gasteiger partial charge on any atom is -0.493 e. The molecular formula is C32H34O8. The molecule has 3 aromatic rings. The Balaban J connectivity index is 1.55.